The SMILES string of the molecule is CC[C@@H]1[C@@H](NC(=O)Cc2nc3ccc(Cl)cc3[nH]2)[C@@H]2CCO[C@H]12. The van der Waals surface area contributed by atoms with E-state index < -0.39 is 0 Å². The van der Waals surface area contributed by atoms with Gasteiger partial charge in [-0.25, -0.2) is 4.98 Å². The second kappa shape index (κ2) is 5.80. The molecule has 2 aromatic rings. The molecule has 1 amide bonds. The van der Waals surface area contributed by atoms with E-state index in [4.69, 9.17) is 16.3 Å². The van der Waals surface area contributed by atoms with Crippen molar-refractivity contribution in [3.05, 3.63) is 29.0 Å². The molecule has 0 spiro atoms. The van der Waals surface area contributed by atoms with Crippen LogP contribution in [0.15, 0.2) is 18.2 Å². The zero-order chi connectivity index (χ0) is 16.0. The molecule has 2 heterocycles. The van der Waals surface area contributed by atoms with Crippen LogP contribution in [0.25, 0.3) is 11.0 Å². The maximum Gasteiger partial charge on any atom is 0.227 e. The Hall–Kier alpha value is -1.59. The molecule has 1 aromatic heterocycles. The molecule has 4 rings (SSSR count). The summed E-state index contributed by atoms with van der Waals surface area (Å²) in [6.45, 7) is 2.98. The van der Waals surface area contributed by atoms with Gasteiger partial charge in [-0.15, -0.1) is 0 Å². The molecule has 4 atom stereocenters. The summed E-state index contributed by atoms with van der Waals surface area (Å²) in [6, 6.07) is 5.73. The fraction of sp³-hybridized carbons (Fsp3) is 0.529. The van der Waals surface area contributed by atoms with Crippen LogP contribution >= 0.6 is 11.6 Å². The molecule has 0 unspecified atom stereocenters. The molecular weight excluding hydrogens is 314 g/mol. The number of ether oxygens (including phenoxy) is 1. The fourth-order valence-electron chi connectivity index (χ4n) is 4.04. The van der Waals surface area contributed by atoms with Crippen molar-refractivity contribution in [3.63, 3.8) is 0 Å². The number of hydrogen-bond donors (Lipinski definition) is 2. The number of H-pyrrole nitrogens is 1. The van der Waals surface area contributed by atoms with E-state index in [9.17, 15) is 4.79 Å². The lowest BCUT2D eigenvalue weighted by Crippen LogP contribution is -2.61. The lowest BCUT2D eigenvalue weighted by atomic mass is 9.65. The molecular formula is C17H20ClN3O2. The highest BCUT2D eigenvalue weighted by Crippen LogP contribution is 2.45. The summed E-state index contributed by atoms with van der Waals surface area (Å²) in [5.74, 6) is 1.62. The average Bonchev–Trinajstić information content (AvgIpc) is 3.09. The first kappa shape index (κ1) is 15.0. The van der Waals surface area contributed by atoms with Crippen LogP contribution in [-0.2, 0) is 16.0 Å². The topological polar surface area (TPSA) is 67.0 Å². The molecule has 6 heteroatoms. The summed E-state index contributed by atoms with van der Waals surface area (Å²) >= 11 is 5.97. The standard InChI is InChI=1S/C17H20ClN3O2/c1-2-10-16(11-5-6-23-17(10)11)21-15(22)8-14-19-12-4-3-9(18)7-13(12)20-14/h3-4,7,10-11,16-17H,2,5-6,8H2,1H3,(H,19,20)(H,21,22)/t10-,11+,16-,17-/m1/s1. The van der Waals surface area contributed by atoms with E-state index in [0.717, 1.165) is 30.5 Å². The van der Waals surface area contributed by atoms with Crippen LogP contribution in [0.1, 0.15) is 25.6 Å². The number of halogens is 1. The lowest BCUT2D eigenvalue weighted by Gasteiger charge is -2.47. The molecule has 1 aliphatic carbocycles. The summed E-state index contributed by atoms with van der Waals surface area (Å²) in [6.07, 6.45) is 2.70. The largest absolute Gasteiger partial charge is 0.377 e. The van der Waals surface area contributed by atoms with Gasteiger partial charge in [-0.2, -0.15) is 0 Å². The summed E-state index contributed by atoms with van der Waals surface area (Å²) in [5.41, 5.74) is 1.69. The molecule has 2 fully saturated rings. The number of amides is 1. The van der Waals surface area contributed by atoms with Gasteiger partial charge < -0.3 is 15.0 Å². The van der Waals surface area contributed by atoms with E-state index in [1.54, 1.807) is 6.07 Å². The molecule has 1 aromatic carbocycles. The van der Waals surface area contributed by atoms with Gasteiger partial charge in [0.2, 0.25) is 5.91 Å². The minimum absolute atomic E-state index is 0.0175. The van der Waals surface area contributed by atoms with Gasteiger partial charge in [-0.3, -0.25) is 4.79 Å². The molecule has 1 saturated carbocycles. The van der Waals surface area contributed by atoms with Crippen molar-refractivity contribution in [2.24, 2.45) is 11.8 Å². The number of aromatic amines is 1. The smallest absolute Gasteiger partial charge is 0.227 e. The van der Waals surface area contributed by atoms with E-state index in [-0.39, 0.29) is 18.4 Å². The summed E-state index contributed by atoms with van der Waals surface area (Å²) in [4.78, 5) is 20.0. The number of nitrogens with zero attached hydrogens (tertiary/aromatic N) is 1. The van der Waals surface area contributed by atoms with Gasteiger partial charge in [0, 0.05) is 29.5 Å². The zero-order valence-electron chi connectivity index (χ0n) is 13.0. The maximum atomic E-state index is 12.4. The molecule has 0 radical (unpaired) electrons. The van der Waals surface area contributed by atoms with Gasteiger partial charge in [0.1, 0.15) is 5.82 Å². The van der Waals surface area contributed by atoms with Crippen molar-refractivity contribution in [2.75, 3.05) is 6.61 Å². The van der Waals surface area contributed by atoms with Crippen LogP contribution in [0, 0.1) is 11.8 Å². The highest BCUT2D eigenvalue weighted by atomic mass is 35.5. The van der Waals surface area contributed by atoms with Gasteiger partial charge in [-0.05, 0) is 31.0 Å². The van der Waals surface area contributed by atoms with Crippen molar-refractivity contribution in [3.8, 4) is 0 Å². The maximum absolute atomic E-state index is 12.4. The fourth-order valence-corrected chi connectivity index (χ4v) is 4.21. The van der Waals surface area contributed by atoms with Crippen LogP contribution in [0.2, 0.25) is 5.02 Å². The molecule has 5 nitrogen and oxygen atoms in total. The Morgan fingerprint density at radius 3 is 3.22 bits per heavy atom. The Balaban J connectivity index is 1.43. The Bertz CT molecular complexity index is 745. The molecule has 0 bridgehead atoms. The number of hydrogen-bond acceptors (Lipinski definition) is 3. The Morgan fingerprint density at radius 1 is 1.52 bits per heavy atom. The third-order valence-electron chi connectivity index (χ3n) is 5.15. The van der Waals surface area contributed by atoms with Gasteiger partial charge >= 0.3 is 0 Å². The lowest BCUT2D eigenvalue weighted by molar-refractivity contribution is -0.126. The zero-order valence-corrected chi connectivity index (χ0v) is 13.8. The number of carbonyl (C=O) groups is 1. The molecule has 1 aliphatic heterocycles. The highest BCUT2D eigenvalue weighted by Gasteiger charge is 2.53. The second-order valence-corrected chi connectivity index (χ2v) is 6.91. The van der Waals surface area contributed by atoms with Gasteiger partial charge in [0.25, 0.3) is 0 Å². The minimum Gasteiger partial charge on any atom is -0.377 e. The normalized spacial score (nSPS) is 29.3. The molecule has 2 aliphatic rings. The summed E-state index contributed by atoms with van der Waals surface area (Å²) < 4.78 is 5.75. The monoisotopic (exact) mass is 333 g/mol. The van der Waals surface area contributed by atoms with Crippen molar-refractivity contribution < 1.29 is 9.53 Å². The number of rotatable bonds is 4. The van der Waals surface area contributed by atoms with Crippen LogP contribution in [0.4, 0.5) is 0 Å². The first-order valence-electron chi connectivity index (χ1n) is 8.21. The summed E-state index contributed by atoms with van der Waals surface area (Å²) in [7, 11) is 0. The van der Waals surface area contributed by atoms with Crippen molar-refractivity contribution >= 4 is 28.5 Å². The number of fused-ring (bicyclic) bond motifs is 2. The predicted octanol–water partition coefficient (Wildman–Crippen LogP) is 2.69. The number of imidazole rings is 1. The Kier molecular flexibility index (Phi) is 3.77. The number of carbonyl (C=O) groups excluding carboxylic acids is 1. The molecule has 23 heavy (non-hydrogen) atoms. The molecule has 122 valence electrons. The van der Waals surface area contributed by atoms with Gasteiger partial charge in [0.05, 0.1) is 23.6 Å². The second-order valence-electron chi connectivity index (χ2n) is 6.48. The van der Waals surface area contributed by atoms with Crippen molar-refractivity contribution in [2.45, 2.75) is 38.3 Å². The predicted molar refractivity (Wildman–Crippen MR) is 88.4 cm³/mol. The number of nitrogens with one attached hydrogen (secondary N) is 2. The summed E-state index contributed by atoms with van der Waals surface area (Å²) in [5, 5.41) is 3.85. The van der Waals surface area contributed by atoms with Crippen LogP contribution < -0.4 is 5.32 Å². The Labute approximate surface area is 139 Å². The third-order valence-corrected chi connectivity index (χ3v) is 5.38. The first-order chi connectivity index (χ1) is 11.2. The van der Waals surface area contributed by atoms with E-state index in [0.29, 0.717) is 28.8 Å². The highest BCUT2D eigenvalue weighted by molar-refractivity contribution is 6.31. The minimum atomic E-state index is 0.0175. The van der Waals surface area contributed by atoms with Crippen LogP contribution in [0.3, 0.4) is 0 Å². The Morgan fingerprint density at radius 2 is 2.39 bits per heavy atom. The number of benzene rings is 1. The van der Waals surface area contributed by atoms with Crippen molar-refractivity contribution in [1.82, 2.24) is 15.3 Å². The third kappa shape index (κ3) is 2.62. The molecule has 1 saturated heterocycles. The van der Waals surface area contributed by atoms with E-state index in [2.05, 4.69) is 22.2 Å². The van der Waals surface area contributed by atoms with E-state index in [1.165, 1.54) is 0 Å². The first-order valence-corrected chi connectivity index (χ1v) is 8.58. The van der Waals surface area contributed by atoms with Crippen LogP contribution in [0.5, 0.6) is 0 Å². The van der Waals surface area contributed by atoms with E-state index in [1.807, 2.05) is 12.1 Å². The van der Waals surface area contributed by atoms with E-state index >= 15 is 0 Å². The molecule has 2 N–H and O–H groups in total. The van der Waals surface area contributed by atoms with Gasteiger partial charge in [0.15, 0.2) is 0 Å². The van der Waals surface area contributed by atoms with Gasteiger partial charge in [-0.1, -0.05) is 18.5 Å². The average molecular weight is 334 g/mol. The number of aromatic nitrogens is 2. The van der Waals surface area contributed by atoms with Crippen molar-refractivity contribution in [1.29, 1.82) is 0 Å². The quantitative estimate of drug-likeness (QED) is 0.904. The van der Waals surface area contributed by atoms with Crippen LogP contribution in [-0.4, -0.2) is 34.6 Å².